The van der Waals surface area contributed by atoms with E-state index in [0.29, 0.717) is 27.7 Å². The van der Waals surface area contributed by atoms with Crippen LogP contribution in [-0.2, 0) is 0 Å². The molecule has 1 aliphatic carbocycles. The van der Waals surface area contributed by atoms with Gasteiger partial charge in [-0.3, -0.25) is 9.59 Å². The van der Waals surface area contributed by atoms with Crippen molar-refractivity contribution in [3.8, 4) is 0 Å². The van der Waals surface area contributed by atoms with Crippen LogP contribution in [0.5, 0.6) is 0 Å². The summed E-state index contributed by atoms with van der Waals surface area (Å²) in [4.78, 5) is 28.2. The number of hydrogen-bond donors (Lipinski definition) is 2. The molecule has 106 valence electrons. The average molecular weight is 337 g/mol. The Hall–Kier alpha value is -1.36. The van der Waals surface area contributed by atoms with Gasteiger partial charge < -0.3 is 9.97 Å². The summed E-state index contributed by atoms with van der Waals surface area (Å²) in [5.74, 6) is 1.34. The largest absolute Gasteiger partial charge is 0.316 e. The van der Waals surface area contributed by atoms with E-state index in [0.717, 1.165) is 5.56 Å². The summed E-state index contributed by atoms with van der Waals surface area (Å²) >= 11 is 3.81. The van der Waals surface area contributed by atoms with E-state index in [1.807, 2.05) is 18.2 Å². The molecule has 0 spiro atoms. The van der Waals surface area contributed by atoms with E-state index in [1.54, 1.807) is 0 Å². The van der Waals surface area contributed by atoms with E-state index in [1.165, 1.54) is 19.3 Å². The Kier molecular flexibility index (Phi) is 3.54. The van der Waals surface area contributed by atoms with Crippen LogP contribution in [0.3, 0.4) is 0 Å². The maximum atomic E-state index is 11.4. The Balaban J connectivity index is 2.02. The Labute approximate surface area is 124 Å². The molecule has 1 saturated carbocycles. The van der Waals surface area contributed by atoms with Crippen molar-refractivity contribution in [2.75, 3.05) is 0 Å². The van der Waals surface area contributed by atoms with Crippen LogP contribution < -0.4 is 11.1 Å². The van der Waals surface area contributed by atoms with Crippen molar-refractivity contribution in [3.05, 3.63) is 44.5 Å². The monoisotopic (exact) mass is 336 g/mol. The third-order valence-corrected chi connectivity index (χ3v) is 5.58. The molecule has 2 aromatic rings. The van der Waals surface area contributed by atoms with Gasteiger partial charge in [-0.15, -0.1) is 0 Å². The maximum absolute atomic E-state index is 11.4. The van der Waals surface area contributed by atoms with Crippen molar-refractivity contribution in [2.45, 2.75) is 31.0 Å². The fourth-order valence-corrected chi connectivity index (χ4v) is 4.23. The Bertz CT molecular complexity index is 749. The van der Waals surface area contributed by atoms with Crippen molar-refractivity contribution in [3.63, 3.8) is 0 Å². The summed E-state index contributed by atoms with van der Waals surface area (Å²) in [6.07, 6.45) is 3.80. The molecule has 4 nitrogen and oxygen atoms in total. The van der Waals surface area contributed by atoms with Gasteiger partial charge in [-0.1, -0.05) is 41.8 Å². The van der Waals surface area contributed by atoms with Gasteiger partial charge in [0.25, 0.3) is 0 Å². The number of aromatic amines is 2. The predicted molar refractivity (Wildman–Crippen MR) is 83.4 cm³/mol. The first-order valence-corrected chi connectivity index (χ1v) is 7.88. The van der Waals surface area contributed by atoms with Crippen molar-refractivity contribution in [1.82, 2.24) is 9.97 Å². The molecule has 3 atom stereocenters. The molecule has 0 amide bonds. The van der Waals surface area contributed by atoms with Gasteiger partial charge in [0.05, 0.1) is 11.0 Å². The average Bonchev–Trinajstić information content (AvgIpc) is 2.85. The molecule has 0 saturated heterocycles. The topological polar surface area (TPSA) is 65.7 Å². The summed E-state index contributed by atoms with van der Waals surface area (Å²) in [5, 5.41) is 0. The molecule has 0 bridgehead atoms. The van der Waals surface area contributed by atoms with E-state index in [9.17, 15) is 9.59 Å². The van der Waals surface area contributed by atoms with Gasteiger partial charge in [-0.2, -0.15) is 0 Å². The Morgan fingerprint density at radius 3 is 2.50 bits per heavy atom. The molecule has 1 heterocycles. The number of H-pyrrole nitrogens is 2. The summed E-state index contributed by atoms with van der Waals surface area (Å²) in [6.45, 7) is 2.30. The Morgan fingerprint density at radius 1 is 1.15 bits per heavy atom. The molecule has 1 aromatic heterocycles. The number of hydrogen-bond acceptors (Lipinski definition) is 2. The lowest BCUT2D eigenvalue weighted by molar-refractivity contribution is 0.414. The number of rotatable bonds is 2. The van der Waals surface area contributed by atoms with Crippen molar-refractivity contribution in [1.29, 1.82) is 0 Å². The highest BCUT2D eigenvalue weighted by molar-refractivity contribution is 9.09. The number of benzene rings is 1. The third-order valence-electron chi connectivity index (χ3n) is 4.37. The SMILES string of the molecule is CC1CCCC1C(Br)c1ccc2[nH]c(=O)c(=O)[nH]c2c1. The van der Waals surface area contributed by atoms with E-state index < -0.39 is 11.1 Å². The highest BCUT2D eigenvalue weighted by Crippen LogP contribution is 2.44. The number of aromatic nitrogens is 2. The highest BCUT2D eigenvalue weighted by Gasteiger charge is 2.30. The normalized spacial score (nSPS) is 24.1. The molecule has 5 heteroatoms. The van der Waals surface area contributed by atoms with Crippen LogP contribution in [-0.4, -0.2) is 9.97 Å². The fraction of sp³-hybridized carbons (Fsp3) is 0.467. The van der Waals surface area contributed by atoms with Gasteiger partial charge in [0.15, 0.2) is 0 Å². The quantitative estimate of drug-likeness (QED) is 0.653. The standard InChI is InChI=1S/C15H17BrN2O2/c1-8-3-2-4-10(8)13(16)9-5-6-11-12(7-9)18-15(20)14(19)17-11/h5-8,10,13H,2-4H2,1H3,(H,17,19)(H,18,20). The molecule has 3 unspecified atom stereocenters. The first-order chi connectivity index (χ1) is 9.56. The molecule has 0 aliphatic heterocycles. The summed E-state index contributed by atoms with van der Waals surface area (Å²) in [7, 11) is 0. The second-order valence-corrected chi connectivity index (χ2v) is 6.67. The molecule has 3 rings (SSSR count). The highest BCUT2D eigenvalue weighted by atomic mass is 79.9. The van der Waals surface area contributed by atoms with Crippen molar-refractivity contribution < 1.29 is 0 Å². The lowest BCUT2D eigenvalue weighted by Gasteiger charge is -2.22. The lowest BCUT2D eigenvalue weighted by Crippen LogP contribution is -2.28. The Morgan fingerprint density at radius 2 is 1.85 bits per heavy atom. The minimum Gasteiger partial charge on any atom is -0.316 e. The molecular formula is C15H17BrN2O2. The molecule has 2 N–H and O–H groups in total. The van der Waals surface area contributed by atoms with Crippen LogP contribution in [0, 0.1) is 11.8 Å². The van der Waals surface area contributed by atoms with Crippen LogP contribution in [0.2, 0.25) is 0 Å². The zero-order chi connectivity index (χ0) is 14.3. The van der Waals surface area contributed by atoms with E-state index in [-0.39, 0.29) is 0 Å². The molecule has 1 fully saturated rings. The first kappa shape index (κ1) is 13.6. The molecule has 1 aliphatic rings. The second kappa shape index (κ2) is 5.20. The lowest BCUT2D eigenvalue weighted by atomic mass is 9.91. The van der Waals surface area contributed by atoms with Crippen molar-refractivity contribution in [2.24, 2.45) is 11.8 Å². The minimum atomic E-state index is -0.606. The van der Waals surface area contributed by atoms with E-state index in [4.69, 9.17) is 0 Å². The molecule has 1 aromatic carbocycles. The van der Waals surface area contributed by atoms with Gasteiger partial charge in [-0.25, -0.2) is 0 Å². The van der Waals surface area contributed by atoms with Gasteiger partial charge in [0, 0.05) is 4.83 Å². The van der Waals surface area contributed by atoms with Crippen LogP contribution in [0.15, 0.2) is 27.8 Å². The summed E-state index contributed by atoms with van der Waals surface area (Å²) in [5.41, 5.74) is 1.29. The smallest absolute Gasteiger partial charge is 0.314 e. The number of fused-ring (bicyclic) bond motifs is 1. The van der Waals surface area contributed by atoms with Crippen LogP contribution in [0.1, 0.15) is 36.6 Å². The molecule has 20 heavy (non-hydrogen) atoms. The van der Waals surface area contributed by atoms with Gasteiger partial charge in [-0.05, 0) is 36.0 Å². The zero-order valence-electron chi connectivity index (χ0n) is 11.3. The first-order valence-electron chi connectivity index (χ1n) is 6.96. The number of alkyl halides is 1. The predicted octanol–water partition coefficient (Wildman–Crippen LogP) is 3.09. The van der Waals surface area contributed by atoms with Gasteiger partial charge >= 0.3 is 11.1 Å². The summed E-state index contributed by atoms with van der Waals surface area (Å²) < 4.78 is 0. The fourth-order valence-electron chi connectivity index (χ4n) is 3.16. The third kappa shape index (κ3) is 2.35. The number of nitrogens with one attached hydrogen (secondary N) is 2. The van der Waals surface area contributed by atoms with Gasteiger partial charge in [0.1, 0.15) is 0 Å². The maximum Gasteiger partial charge on any atom is 0.314 e. The molecule has 0 radical (unpaired) electrons. The second-order valence-electron chi connectivity index (χ2n) is 5.69. The number of halogens is 1. The molecular weight excluding hydrogens is 320 g/mol. The van der Waals surface area contributed by atoms with E-state index >= 15 is 0 Å². The van der Waals surface area contributed by atoms with Crippen LogP contribution >= 0.6 is 15.9 Å². The van der Waals surface area contributed by atoms with Gasteiger partial charge in [0.2, 0.25) is 0 Å². The van der Waals surface area contributed by atoms with Crippen LogP contribution in [0.25, 0.3) is 11.0 Å². The minimum absolute atomic E-state index is 0.292. The zero-order valence-corrected chi connectivity index (χ0v) is 12.9. The van der Waals surface area contributed by atoms with Crippen LogP contribution in [0.4, 0.5) is 0 Å². The van der Waals surface area contributed by atoms with Crippen molar-refractivity contribution >= 4 is 27.0 Å². The van der Waals surface area contributed by atoms with E-state index in [2.05, 4.69) is 32.8 Å². The summed E-state index contributed by atoms with van der Waals surface area (Å²) in [6, 6.07) is 5.83.